The summed E-state index contributed by atoms with van der Waals surface area (Å²) in [4.78, 5) is 26.6. The van der Waals surface area contributed by atoms with Gasteiger partial charge in [-0.3, -0.25) is 4.79 Å². The Morgan fingerprint density at radius 2 is 1.64 bits per heavy atom. The van der Waals surface area contributed by atoms with E-state index in [1.165, 1.54) is 19.1 Å². The molecular formula is C21H22N2O5. The zero-order chi connectivity index (χ0) is 20.5. The van der Waals surface area contributed by atoms with Crippen molar-refractivity contribution in [1.82, 2.24) is 0 Å². The van der Waals surface area contributed by atoms with Crippen molar-refractivity contribution in [2.24, 2.45) is 0 Å². The molecule has 7 nitrogen and oxygen atoms in total. The number of hydrogen-bond acceptors (Lipinski definition) is 6. The molecule has 28 heavy (non-hydrogen) atoms. The van der Waals surface area contributed by atoms with E-state index in [2.05, 4.69) is 0 Å². The molecule has 0 N–H and O–H groups in total. The summed E-state index contributed by atoms with van der Waals surface area (Å²) in [6, 6.07) is 14.2. The van der Waals surface area contributed by atoms with E-state index in [0.717, 1.165) is 5.56 Å². The third-order valence-electron chi connectivity index (χ3n) is 4.05. The van der Waals surface area contributed by atoms with E-state index in [1.54, 1.807) is 30.3 Å². The van der Waals surface area contributed by atoms with Gasteiger partial charge in [0, 0.05) is 12.2 Å². The van der Waals surface area contributed by atoms with Crippen LogP contribution < -0.4 is 14.4 Å². The number of aryl methyl sites for hydroxylation is 1. The molecule has 7 heteroatoms. The van der Waals surface area contributed by atoms with Gasteiger partial charge in [-0.15, -0.1) is 0 Å². The van der Waals surface area contributed by atoms with Crippen molar-refractivity contribution in [3.05, 3.63) is 53.6 Å². The molecule has 0 aliphatic heterocycles. The van der Waals surface area contributed by atoms with Gasteiger partial charge < -0.3 is 19.1 Å². The monoisotopic (exact) mass is 382 g/mol. The standard InChI is InChI=1S/C21H22N2O5/c1-15-8-10-16(11-9-15)23(13-5-12-22)19(24)14-28-21(25)20-17(26-2)6-4-7-18(20)27-3/h4,6-11H,5,13-14H2,1-3H3. The van der Waals surface area contributed by atoms with E-state index >= 15 is 0 Å². The van der Waals surface area contributed by atoms with Gasteiger partial charge in [0.1, 0.15) is 17.1 Å². The number of nitrogens with zero attached hydrogens (tertiary/aromatic N) is 2. The van der Waals surface area contributed by atoms with Crippen LogP contribution in [0.4, 0.5) is 5.69 Å². The van der Waals surface area contributed by atoms with Crippen LogP contribution in [0, 0.1) is 18.3 Å². The maximum absolute atomic E-state index is 12.7. The normalized spacial score (nSPS) is 9.93. The van der Waals surface area contributed by atoms with Gasteiger partial charge in [0.05, 0.1) is 26.7 Å². The maximum Gasteiger partial charge on any atom is 0.346 e. The second kappa shape index (κ2) is 9.97. The van der Waals surface area contributed by atoms with Crippen LogP contribution in [0.15, 0.2) is 42.5 Å². The van der Waals surface area contributed by atoms with Crippen LogP contribution in [-0.4, -0.2) is 39.2 Å². The highest BCUT2D eigenvalue weighted by Crippen LogP contribution is 2.29. The molecule has 0 radical (unpaired) electrons. The number of methoxy groups -OCH3 is 2. The quantitative estimate of drug-likeness (QED) is 0.652. The lowest BCUT2D eigenvalue weighted by Crippen LogP contribution is -2.35. The summed E-state index contributed by atoms with van der Waals surface area (Å²) in [5.74, 6) is -0.582. The first-order chi connectivity index (χ1) is 13.5. The van der Waals surface area contributed by atoms with Crippen LogP contribution in [0.25, 0.3) is 0 Å². The molecule has 2 aromatic carbocycles. The number of carbonyl (C=O) groups excluding carboxylic acids is 2. The van der Waals surface area contributed by atoms with Gasteiger partial charge in [-0.25, -0.2) is 4.79 Å². The Morgan fingerprint density at radius 1 is 1.04 bits per heavy atom. The average Bonchev–Trinajstić information content (AvgIpc) is 2.72. The largest absolute Gasteiger partial charge is 0.496 e. The summed E-state index contributed by atoms with van der Waals surface area (Å²) >= 11 is 0. The lowest BCUT2D eigenvalue weighted by molar-refractivity contribution is -0.121. The minimum Gasteiger partial charge on any atom is -0.496 e. The summed E-state index contributed by atoms with van der Waals surface area (Å²) < 4.78 is 15.6. The molecule has 2 rings (SSSR count). The zero-order valence-electron chi connectivity index (χ0n) is 16.1. The molecule has 0 unspecified atom stereocenters. The maximum atomic E-state index is 12.7. The van der Waals surface area contributed by atoms with Crippen molar-refractivity contribution < 1.29 is 23.8 Å². The molecule has 146 valence electrons. The molecule has 0 saturated heterocycles. The first-order valence-electron chi connectivity index (χ1n) is 8.64. The highest BCUT2D eigenvalue weighted by Gasteiger charge is 2.22. The number of ether oxygens (including phenoxy) is 3. The zero-order valence-corrected chi connectivity index (χ0v) is 16.1. The van der Waals surface area contributed by atoms with E-state index in [9.17, 15) is 9.59 Å². The van der Waals surface area contributed by atoms with Crippen LogP contribution >= 0.6 is 0 Å². The fourth-order valence-electron chi connectivity index (χ4n) is 2.61. The van der Waals surface area contributed by atoms with Crippen molar-refractivity contribution in [3.8, 4) is 17.6 Å². The van der Waals surface area contributed by atoms with Gasteiger partial charge in [-0.05, 0) is 31.2 Å². The van der Waals surface area contributed by atoms with E-state index in [-0.39, 0.29) is 30.0 Å². The molecule has 0 aliphatic carbocycles. The van der Waals surface area contributed by atoms with Gasteiger partial charge in [0.25, 0.3) is 5.91 Å². The number of carbonyl (C=O) groups is 2. The minimum absolute atomic E-state index is 0.110. The van der Waals surface area contributed by atoms with E-state index < -0.39 is 18.5 Å². The van der Waals surface area contributed by atoms with Gasteiger partial charge in [-0.1, -0.05) is 23.8 Å². The van der Waals surface area contributed by atoms with E-state index in [4.69, 9.17) is 19.5 Å². The molecule has 0 atom stereocenters. The third-order valence-corrected chi connectivity index (χ3v) is 4.05. The average molecular weight is 382 g/mol. The van der Waals surface area contributed by atoms with Crippen LogP contribution in [0.5, 0.6) is 11.5 Å². The molecular weight excluding hydrogens is 360 g/mol. The van der Waals surface area contributed by atoms with Crippen LogP contribution in [0.1, 0.15) is 22.3 Å². The number of benzene rings is 2. The third kappa shape index (κ3) is 5.01. The second-order valence-electron chi connectivity index (χ2n) is 5.90. The number of hydrogen-bond donors (Lipinski definition) is 0. The van der Waals surface area contributed by atoms with Gasteiger partial charge in [0.15, 0.2) is 6.61 Å². The van der Waals surface area contributed by atoms with Crippen molar-refractivity contribution in [1.29, 1.82) is 5.26 Å². The number of esters is 1. The highest BCUT2D eigenvalue weighted by atomic mass is 16.5. The van der Waals surface area contributed by atoms with Crippen molar-refractivity contribution in [2.75, 3.05) is 32.3 Å². The SMILES string of the molecule is COc1cccc(OC)c1C(=O)OCC(=O)N(CCC#N)c1ccc(C)cc1. The summed E-state index contributed by atoms with van der Waals surface area (Å²) in [5.41, 5.74) is 1.79. The smallest absolute Gasteiger partial charge is 0.346 e. The lowest BCUT2D eigenvalue weighted by atomic mass is 10.2. The number of rotatable bonds is 8. The molecule has 0 heterocycles. The Balaban J connectivity index is 2.15. The summed E-state index contributed by atoms with van der Waals surface area (Å²) in [5, 5.41) is 8.87. The molecule has 0 saturated carbocycles. The lowest BCUT2D eigenvalue weighted by Gasteiger charge is -2.22. The van der Waals surface area contributed by atoms with Gasteiger partial charge in [-0.2, -0.15) is 5.26 Å². The van der Waals surface area contributed by atoms with E-state index in [1.807, 2.05) is 25.1 Å². The summed E-state index contributed by atoms with van der Waals surface area (Å²) in [6.45, 7) is 1.67. The van der Waals surface area contributed by atoms with Crippen molar-refractivity contribution >= 4 is 17.6 Å². The predicted octanol–water partition coefficient (Wildman–Crippen LogP) is 3.12. The first kappa shape index (κ1) is 20.8. The topological polar surface area (TPSA) is 88.9 Å². The van der Waals surface area contributed by atoms with Crippen LogP contribution in [0.3, 0.4) is 0 Å². The Labute approximate surface area is 164 Å². The van der Waals surface area contributed by atoms with Crippen LogP contribution in [0.2, 0.25) is 0 Å². The Morgan fingerprint density at radius 3 is 2.18 bits per heavy atom. The molecule has 0 aliphatic rings. The number of amides is 1. The van der Waals surface area contributed by atoms with Crippen LogP contribution in [-0.2, 0) is 9.53 Å². The number of nitriles is 1. The van der Waals surface area contributed by atoms with Crippen molar-refractivity contribution in [3.63, 3.8) is 0 Å². The van der Waals surface area contributed by atoms with Gasteiger partial charge in [0.2, 0.25) is 0 Å². The molecule has 0 aromatic heterocycles. The summed E-state index contributed by atoms with van der Waals surface area (Å²) in [7, 11) is 2.86. The van der Waals surface area contributed by atoms with Crippen molar-refractivity contribution in [2.45, 2.75) is 13.3 Å². The minimum atomic E-state index is -0.730. The second-order valence-corrected chi connectivity index (χ2v) is 5.90. The molecule has 2 aromatic rings. The Hall–Kier alpha value is -3.53. The first-order valence-corrected chi connectivity index (χ1v) is 8.64. The van der Waals surface area contributed by atoms with E-state index in [0.29, 0.717) is 5.69 Å². The molecule has 0 bridgehead atoms. The fourth-order valence-corrected chi connectivity index (χ4v) is 2.61. The summed E-state index contributed by atoms with van der Waals surface area (Å²) in [6.07, 6.45) is 0.161. The highest BCUT2D eigenvalue weighted by molar-refractivity contribution is 5.99. The van der Waals surface area contributed by atoms with Gasteiger partial charge >= 0.3 is 5.97 Å². The fraction of sp³-hybridized carbons (Fsp3) is 0.286. The Kier molecular flexibility index (Phi) is 7.40. The number of anilines is 1. The molecule has 0 fully saturated rings. The Bertz CT molecular complexity index is 849. The predicted molar refractivity (Wildman–Crippen MR) is 104 cm³/mol. The molecule has 0 spiro atoms. The molecule has 1 amide bonds.